The van der Waals surface area contributed by atoms with Crippen LogP contribution in [0.1, 0.15) is 83.2 Å². The highest BCUT2D eigenvalue weighted by Crippen LogP contribution is 2.29. The van der Waals surface area contributed by atoms with E-state index in [-0.39, 0.29) is 17.8 Å². The Bertz CT molecular complexity index is 1100. The van der Waals surface area contributed by atoms with Crippen LogP contribution in [0.25, 0.3) is 0 Å². The summed E-state index contributed by atoms with van der Waals surface area (Å²) in [5.74, 6) is 1.42. The molecular formula is C28H40N6O3. The Morgan fingerprint density at radius 2 is 1.92 bits per heavy atom. The Morgan fingerprint density at radius 3 is 2.57 bits per heavy atom. The lowest BCUT2D eigenvalue weighted by Crippen LogP contribution is -2.49. The number of carbonyl (C=O) groups is 1. The van der Waals surface area contributed by atoms with Gasteiger partial charge in [-0.2, -0.15) is 5.26 Å². The van der Waals surface area contributed by atoms with E-state index >= 15 is 0 Å². The molecule has 200 valence electrons. The second kappa shape index (κ2) is 12.6. The molecular weight excluding hydrogens is 468 g/mol. The third kappa shape index (κ3) is 8.24. The number of rotatable bonds is 9. The fraction of sp³-hybridized carbons (Fsp3) is 0.571. The predicted octanol–water partition coefficient (Wildman–Crippen LogP) is 6.14. The van der Waals surface area contributed by atoms with E-state index in [9.17, 15) is 10.1 Å². The number of unbranched alkanes of at least 4 members (excludes halogenated alkanes) is 1. The molecule has 1 aliphatic carbocycles. The van der Waals surface area contributed by atoms with Gasteiger partial charge >= 0.3 is 6.09 Å². The summed E-state index contributed by atoms with van der Waals surface area (Å²) in [5.41, 5.74) is 2.81. The monoisotopic (exact) mass is 508 g/mol. The van der Waals surface area contributed by atoms with Gasteiger partial charge in [0.15, 0.2) is 5.69 Å². The molecule has 0 unspecified atom stereocenters. The molecule has 9 heteroatoms. The molecule has 37 heavy (non-hydrogen) atoms. The Labute approximate surface area is 220 Å². The third-order valence-electron chi connectivity index (χ3n) is 6.15. The number of nitrogens with one attached hydrogen (secondary N) is 3. The van der Waals surface area contributed by atoms with Crippen molar-refractivity contribution in [2.75, 3.05) is 17.2 Å². The van der Waals surface area contributed by atoms with Crippen LogP contribution in [0.2, 0.25) is 0 Å². The van der Waals surface area contributed by atoms with Crippen molar-refractivity contribution in [2.24, 2.45) is 0 Å². The van der Waals surface area contributed by atoms with Crippen LogP contribution in [0.4, 0.5) is 22.0 Å². The molecule has 1 saturated carbocycles. The number of hydrogen-bond donors (Lipinski definition) is 3. The molecule has 0 spiro atoms. The van der Waals surface area contributed by atoms with Crippen molar-refractivity contribution < 1.29 is 14.3 Å². The highest BCUT2D eigenvalue weighted by molar-refractivity contribution is 5.69. The lowest BCUT2D eigenvalue weighted by molar-refractivity contribution is 0.0488. The molecule has 2 heterocycles. The van der Waals surface area contributed by atoms with Crippen LogP contribution in [0, 0.1) is 25.2 Å². The molecule has 0 bridgehead atoms. The van der Waals surface area contributed by atoms with Gasteiger partial charge in [-0.25, -0.2) is 14.8 Å². The summed E-state index contributed by atoms with van der Waals surface area (Å²) in [7, 11) is 0. The van der Waals surface area contributed by atoms with Gasteiger partial charge in [0, 0.05) is 6.04 Å². The molecule has 1 amide bonds. The number of amides is 1. The molecule has 9 nitrogen and oxygen atoms in total. The average molecular weight is 509 g/mol. The minimum atomic E-state index is -0.552. The second-order valence-electron chi connectivity index (χ2n) is 10.6. The first-order valence-electron chi connectivity index (χ1n) is 13.1. The van der Waals surface area contributed by atoms with Crippen molar-refractivity contribution in [2.45, 2.75) is 97.8 Å². The van der Waals surface area contributed by atoms with Gasteiger partial charge in [-0.3, -0.25) is 0 Å². The van der Waals surface area contributed by atoms with Crippen molar-refractivity contribution in [1.82, 2.24) is 15.3 Å². The summed E-state index contributed by atoms with van der Waals surface area (Å²) in [6, 6.07) is 5.88. The third-order valence-corrected chi connectivity index (χ3v) is 6.15. The van der Waals surface area contributed by atoms with Crippen molar-refractivity contribution in [3.05, 3.63) is 35.3 Å². The number of hydrogen-bond acceptors (Lipinski definition) is 8. The number of anilines is 3. The number of carbonyl (C=O) groups excluding carboxylic acids is 1. The fourth-order valence-corrected chi connectivity index (χ4v) is 4.44. The molecule has 1 aliphatic rings. The number of nitrogens with zero attached hydrogens (tertiary/aromatic N) is 3. The number of ether oxygens (including phenoxy) is 2. The molecule has 0 saturated heterocycles. The van der Waals surface area contributed by atoms with Gasteiger partial charge in [-0.1, -0.05) is 26.2 Å². The van der Waals surface area contributed by atoms with E-state index in [4.69, 9.17) is 9.47 Å². The maximum Gasteiger partial charge on any atom is 0.407 e. The van der Waals surface area contributed by atoms with Crippen molar-refractivity contribution in [3.63, 3.8) is 0 Å². The Balaban J connectivity index is 1.75. The summed E-state index contributed by atoms with van der Waals surface area (Å²) in [6.07, 6.45) is 7.17. The van der Waals surface area contributed by atoms with Gasteiger partial charge in [-0.05, 0) is 71.6 Å². The Hall–Kier alpha value is -3.54. The number of pyridine rings is 2. The zero-order valence-corrected chi connectivity index (χ0v) is 22.9. The molecule has 2 aromatic heterocycles. The van der Waals surface area contributed by atoms with E-state index < -0.39 is 11.7 Å². The Kier molecular flexibility index (Phi) is 9.56. The molecule has 0 aromatic carbocycles. The highest BCUT2D eigenvalue weighted by Gasteiger charge is 2.28. The van der Waals surface area contributed by atoms with Gasteiger partial charge in [0.05, 0.1) is 35.9 Å². The van der Waals surface area contributed by atoms with Crippen LogP contribution in [0.15, 0.2) is 18.3 Å². The molecule has 2 aromatic rings. The van der Waals surface area contributed by atoms with Crippen LogP contribution >= 0.6 is 0 Å². The second-order valence-corrected chi connectivity index (χ2v) is 10.6. The fourth-order valence-electron chi connectivity index (χ4n) is 4.44. The molecule has 1 fully saturated rings. The van der Waals surface area contributed by atoms with Crippen molar-refractivity contribution in [3.8, 4) is 11.8 Å². The van der Waals surface area contributed by atoms with E-state index in [1.54, 1.807) is 6.20 Å². The Morgan fingerprint density at radius 1 is 1.19 bits per heavy atom. The highest BCUT2D eigenvalue weighted by atomic mass is 16.6. The van der Waals surface area contributed by atoms with Gasteiger partial charge in [0.1, 0.15) is 23.2 Å². The zero-order valence-electron chi connectivity index (χ0n) is 22.9. The molecule has 2 atom stereocenters. The van der Waals surface area contributed by atoms with E-state index in [0.717, 1.165) is 61.2 Å². The first-order valence-corrected chi connectivity index (χ1v) is 13.1. The van der Waals surface area contributed by atoms with Crippen LogP contribution < -0.4 is 20.7 Å². The average Bonchev–Trinajstić information content (AvgIpc) is 2.81. The number of aromatic nitrogens is 2. The first-order chi connectivity index (χ1) is 17.6. The number of nitriles is 1. The lowest BCUT2D eigenvalue weighted by Gasteiger charge is -2.34. The largest absolute Gasteiger partial charge is 0.491 e. The molecule has 3 rings (SSSR count). The lowest BCUT2D eigenvalue weighted by atomic mass is 9.90. The van der Waals surface area contributed by atoms with E-state index in [1.165, 1.54) is 0 Å². The number of aryl methyl sites for hydroxylation is 2. The van der Waals surface area contributed by atoms with Crippen LogP contribution in [0.3, 0.4) is 0 Å². The maximum absolute atomic E-state index is 12.4. The summed E-state index contributed by atoms with van der Waals surface area (Å²) < 4.78 is 11.4. The minimum absolute atomic E-state index is 0.0195. The van der Waals surface area contributed by atoms with Crippen molar-refractivity contribution in [1.29, 1.82) is 5.26 Å². The van der Waals surface area contributed by atoms with E-state index in [2.05, 4.69) is 38.9 Å². The summed E-state index contributed by atoms with van der Waals surface area (Å²) in [6.45, 7) is 12.3. The number of alkyl carbamates (subject to hydrolysis) is 1. The predicted molar refractivity (Wildman–Crippen MR) is 145 cm³/mol. The summed E-state index contributed by atoms with van der Waals surface area (Å²) >= 11 is 0. The van der Waals surface area contributed by atoms with Crippen LogP contribution in [0.5, 0.6) is 5.75 Å². The van der Waals surface area contributed by atoms with Gasteiger partial charge in [0.2, 0.25) is 0 Å². The van der Waals surface area contributed by atoms with Gasteiger partial charge in [-0.15, -0.1) is 0 Å². The smallest absolute Gasteiger partial charge is 0.407 e. The minimum Gasteiger partial charge on any atom is -0.491 e. The molecule has 3 N–H and O–H groups in total. The van der Waals surface area contributed by atoms with E-state index in [0.29, 0.717) is 18.1 Å². The summed E-state index contributed by atoms with van der Waals surface area (Å²) in [4.78, 5) is 21.4. The maximum atomic E-state index is 12.4. The van der Waals surface area contributed by atoms with Crippen LogP contribution in [-0.2, 0) is 4.74 Å². The molecule has 0 radical (unpaired) electrons. The van der Waals surface area contributed by atoms with Gasteiger partial charge in [0.25, 0.3) is 0 Å². The standard InChI is InChI=1S/C28H40N6O3/c1-7-8-13-36-26-18(2)14-25(31-19(26)3)33-23-15-20(17-30-24(23)16-29)32-21-11-9-10-12-22(21)34-27(35)37-28(4,5)6/h14-15,17,21-22,32H,7-13H2,1-6H3,(H,31,33)(H,34,35)/t21-,22+/m1/s1. The SMILES string of the molecule is CCCCOc1c(C)cc(Nc2cc(N[C@@H]3CCCC[C@@H]3NC(=O)OC(C)(C)C)cnc2C#N)nc1C. The molecule has 0 aliphatic heterocycles. The normalized spacial score (nSPS) is 17.4. The van der Waals surface area contributed by atoms with E-state index in [1.807, 2.05) is 46.8 Å². The van der Waals surface area contributed by atoms with Crippen molar-refractivity contribution >= 4 is 23.3 Å². The topological polar surface area (TPSA) is 121 Å². The quantitative estimate of drug-likeness (QED) is 0.346. The summed E-state index contributed by atoms with van der Waals surface area (Å²) in [5, 5.41) is 19.4. The first kappa shape index (κ1) is 28.0. The van der Waals surface area contributed by atoms with Gasteiger partial charge < -0.3 is 25.4 Å². The van der Waals surface area contributed by atoms with Crippen LogP contribution in [-0.4, -0.2) is 40.4 Å². The zero-order chi connectivity index (χ0) is 27.0.